The Morgan fingerprint density at radius 3 is 2.53 bits per heavy atom. The van der Waals surface area contributed by atoms with Gasteiger partial charge in [0.25, 0.3) is 0 Å². The fourth-order valence-electron chi connectivity index (χ4n) is 4.76. The summed E-state index contributed by atoms with van der Waals surface area (Å²) in [6.07, 6.45) is 5.64. The highest BCUT2D eigenvalue weighted by Crippen LogP contribution is 2.49. The van der Waals surface area contributed by atoms with Crippen molar-refractivity contribution in [3.8, 4) is 0 Å². The van der Waals surface area contributed by atoms with Crippen LogP contribution in [0, 0.1) is 5.92 Å². The SMILES string of the molecule is O=C(O)CC1CCC2(CC1)OC(c1ccc3nccnc3c1)=C(c1cccc(Cl)c1)C2=O. The van der Waals surface area contributed by atoms with Crippen molar-refractivity contribution in [1.29, 1.82) is 0 Å². The van der Waals surface area contributed by atoms with Crippen LogP contribution < -0.4 is 0 Å². The Hall–Kier alpha value is -3.25. The first kappa shape index (κ1) is 20.6. The number of Topliss-reactive ketones (excluding diaryl/α,β-unsaturated/α-hetero) is 1. The van der Waals surface area contributed by atoms with E-state index < -0.39 is 11.6 Å². The Morgan fingerprint density at radius 1 is 1.06 bits per heavy atom. The quantitative estimate of drug-likeness (QED) is 0.593. The molecule has 0 saturated heterocycles. The summed E-state index contributed by atoms with van der Waals surface area (Å²) in [6.45, 7) is 0. The van der Waals surface area contributed by atoms with Gasteiger partial charge >= 0.3 is 5.97 Å². The van der Waals surface area contributed by atoms with Crippen LogP contribution in [-0.2, 0) is 14.3 Å². The zero-order valence-electron chi connectivity index (χ0n) is 17.3. The number of fused-ring (bicyclic) bond motifs is 1. The monoisotopic (exact) mass is 448 g/mol. The molecule has 0 bridgehead atoms. The zero-order chi connectivity index (χ0) is 22.3. The van der Waals surface area contributed by atoms with Crippen molar-refractivity contribution < 1.29 is 19.4 Å². The number of aliphatic carboxylic acids is 1. The van der Waals surface area contributed by atoms with E-state index in [0.717, 1.165) is 11.1 Å². The van der Waals surface area contributed by atoms with E-state index in [1.165, 1.54) is 0 Å². The molecule has 1 N–H and O–H groups in total. The third kappa shape index (κ3) is 3.65. The fourth-order valence-corrected chi connectivity index (χ4v) is 4.95. The third-order valence-electron chi connectivity index (χ3n) is 6.39. The molecule has 1 spiro atoms. The predicted octanol–water partition coefficient (Wildman–Crippen LogP) is 5.15. The summed E-state index contributed by atoms with van der Waals surface area (Å²) in [5.74, 6) is -0.297. The molecule has 0 radical (unpaired) electrons. The summed E-state index contributed by atoms with van der Waals surface area (Å²) in [6, 6.07) is 12.8. The lowest BCUT2D eigenvalue weighted by molar-refractivity contribution is -0.139. The lowest BCUT2D eigenvalue weighted by atomic mass is 9.74. The Kier molecular flexibility index (Phi) is 5.18. The molecule has 3 aromatic rings. The summed E-state index contributed by atoms with van der Waals surface area (Å²) in [4.78, 5) is 33.6. The Morgan fingerprint density at radius 2 is 1.81 bits per heavy atom. The van der Waals surface area contributed by atoms with Crippen molar-refractivity contribution in [3.05, 3.63) is 71.0 Å². The molecular weight excluding hydrogens is 428 g/mol. The number of carbonyl (C=O) groups is 2. The van der Waals surface area contributed by atoms with E-state index in [1.807, 2.05) is 30.3 Å². The molecule has 2 aromatic carbocycles. The van der Waals surface area contributed by atoms with E-state index >= 15 is 0 Å². The Labute approximate surface area is 189 Å². The third-order valence-corrected chi connectivity index (χ3v) is 6.62. The van der Waals surface area contributed by atoms with Gasteiger partial charge in [-0.3, -0.25) is 19.6 Å². The summed E-state index contributed by atoms with van der Waals surface area (Å²) < 4.78 is 6.49. The Bertz CT molecular complexity index is 1260. The first-order chi connectivity index (χ1) is 15.4. The van der Waals surface area contributed by atoms with Gasteiger partial charge in [-0.2, -0.15) is 0 Å². The molecule has 0 atom stereocenters. The molecular formula is C25H21ClN2O4. The average Bonchev–Trinajstić information content (AvgIpc) is 3.07. The molecule has 1 fully saturated rings. The van der Waals surface area contributed by atoms with Gasteiger partial charge in [0.2, 0.25) is 5.78 Å². The maximum absolute atomic E-state index is 13.8. The lowest BCUT2D eigenvalue weighted by Gasteiger charge is -2.35. The second-order valence-corrected chi connectivity index (χ2v) is 8.88. The lowest BCUT2D eigenvalue weighted by Crippen LogP contribution is -2.41. The highest BCUT2D eigenvalue weighted by molar-refractivity contribution is 6.34. The number of hydrogen-bond acceptors (Lipinski definition) is 5. The molecule has 162 valence electrons. The molecule has 7 heteroatoms. The van der Waals surface area contributed by atoms with Gasteiger partial charge in [-0.25, -0.2) is 0 Å². The molecule has 1 aliphatic carbocycles. The number of aromatic nitrogens is 2. The number of halogens is 1. The molecule has 1 saturated carbocycles. The van der Waals surface area contributed by atoms with E-state index in [4.69, 9.17) is 21.4 Å². The van der Waals surface area contributed by atoms with E-state index in [0.29, 0.717) is 53.1 Å². The number of benzene rings is 2. The average molecular weight is 449 g/mol. The van der Waals surface area contributed by atoms with Crippen molar-refractivity contribution in [3.63, 3.8) is 0 Å². The van der Waals surface area contributed by atoms with E-state index in [1.54, 1.807) is 24.5 Å². The normalized spacial score (nSPS) is 23.0. The zero-order valence-corrected chi connectivity index (χ0v) is 18.0. The van der Waals surface area contributed by atoms with Gasteiger partial charge < -0.3 is 9.84 Å². The first-order valence-corrected chi connectivity index (χ1v) is 11.0. The van der Waals surface area contributed by atoms with Crippen LogP contribution in [-0.4, -0.2) is 32.4 Å². The highest BCUT2D eigenvalue weighted by Gasteiger charge is 2.51. The van der Waals surface area contributed by atoms with Crippen molar-refractivity contribution in [2.24, 2.45) is 5.92 Å². The molecule has 1 aromatic heterocycles. The van der Waals surface area contributed by atoms with Crippen LogP contribution in [0.5, 0.6) is 0 Å². The minimum Gasteiger partial charge on any atom is -0.481 e. The van der Waals surface area contributed by atoms with Gasteiger partial charge in [0.15, 0.2) is 5.60 Å². The van der Waals surface area contributed by atoms with Gasteiger partial charge in [0.05, 0.1) is 16.6 Å². The molecule has 1 aliphatic heterocycles. The van der Waals surface area contributed by atoms with E-state index in [9.17, 15) is 9.59 Å². The topological polar surface area (TPSA) is 89.4 Å². The predicted molar refractivity (Wildman–Crippen MR) is 121 cm³/mol. The number of hydrogen-bond donors (Lipinski definition) is 1. The minimum atomic E-state index is -0.973. The molecule has 2 heterocycles. The standard InChI is InChI=1S/C25H21ClN2O4/c26-18-3-1-2-16(13-18)22-23(17-4-5-19-20(14-17)28-11-10-27-19)32-25(24(22)31)8-6-15(7-9-25)12-21(29)30/h1-5,10-11,13-15H,6-9,12H2,(H,29,30). The van der Waals surface area contributed by atoms with Crippen molar-refractivity contribution in [1.82, 2.24) is 9.97 Å². The van der Waals surface area contributed by atoms with Crippen LogP contribution in [0.4, 0.5) is 0 Å². The van der Waals surface area contributed by atoms with E-state index in [2.05, 4.69) is 9.97 Å². The van der Waals surface area contributed by atoms with Gasteiger partial charge in [-0.05, 0) is 67.5 Å². The number of carboxylic acids is 1. The van der Waals surface area contributed by atoms with Crippen molar-refractivity contribution in [2.75, 3.05) is 0 Å². The Balaban J connectivity index is 1.57. The fraction of sp³-hybridized carbons (Fsp3) is 0.280. The summed E-state index contributed by atoms with van der Waals surface area (Å²) in [5, 5.41) is 9.68. The second-order valence-electron chi connectivity index (χ2n) is 8.44. The van der Waals surface area contributed by atoms with Crippen LogP contribution in [0.25, 0.3) is 22.4 Å². The van der Waals surface area contributed by atoms with Crippen LogP contribution in [0.15, 0.2) is 54.9 Å². The number of ether oxygens (including phenoxy) is 1. The number of carboxylic acid groups (broad SMARTS) is 1. The van der Waals surface area contributed by atoms with Gasteiger partial charge in [0.1, 0.15) is 5.76 Å². The first-order valence-electron chi connectivity index (χ1n) is 10.6. The minimum absolute atomic E-state index is 0.0594. The maximum Gasteiger partial charge on any atom is 0.303 e. The smallest absolute Gasteiger partial charge is 0.303 e. The van der Waals surface area contributed by atoms with Crippen LogP contribution in [0.3, 0.4) is 0 Å². The number of carbonyl (C=O) groups excluding carboxylic acids is 1. The van der Waals surface area contributed by atoms with Gasteiger partial charge in [0, 0.05) is 29.4 Å². The molecule has 0 unspecified atom stereocenters. The number of ketones is 1. The van der Waals surface area contributed by atoms with Gasteiger partial charge in [-0.1, -0.05) is 23.7 Å². The molecule has 0 amide bonds. The summed E-state index contributed by atoms with van der Waals surface area (Å²) in [7, 11) is 0. The molecule has 5 rings (SSSR count). The molecule has 32 heavy (non-hydrogen) atoms. The maximum atomic E-state index is 13.8. The summed E-state index contributed by atoms with van der Waals surface area (Å²) in [5.41, 5.74) is 2.47. The van der Waals surface area contributed by atoms with Crippen LogP contribution >= 0.6 is 11.6 Å². The van der Waals surface area contributed by atoms with Gasteiger partial charge in [-0.15, -0.1) is 0 Å². The highest BCUT2D eigenvalue weighted by atomic mass is 35.5. The largest absolute Gasteiger partial charge is 0.481 e. The number of nitrogens with zero attached hydrogens (tertiary/aromatic N) is 2. The second kappa shape index (κ2) is 8.02. The van der Waals surface area contributed by atoms with Crippen molar-refractivity contribution >= 4 is 45.7 Å². The van der Waals surface area contributed by atoms with Crippen molar-refractivity contribution in [2.45, 2.75) is 37.7 Å². The summed E-state index contributed by atoms with van der Waals surface area (Å²) >= 11 is 6.24. The number of rotatable bonds is 4. The van der Waals surface area contributed by atoms with E-state index in [-0.39, 0.29) is 18.1 Å². The molecule has 2 aliphatic rings. The van der Waals surface area contributed by atoms with Crippen LogP contribution in [0.2, 0.25) is 5.02 Å². The molecule has 6 nitrogen and oxygen atoms in total. The van der Waals surface area contributed by atoms with Crippen LogP contribution in [0.1, 0.15) is 43.2 Å².